The monoisotopic (exact) mass is 235 g/mol. The summed E-state index contributed by atoms with van der Waals surface area (Å²) in [5.41, 5.74) is 0.278. The molecule has 0 unspecified atom stereocenters. The van der Waals surface area contributed by atoms with Crippen molar-refractivity contribution in [3.05, 3.63) is 18.2 Å². The van der Waals surface area contributed by atoms with E-state index in [1.165, 1.54) is 26.4 Å². The number of halogens is 3. The van der Waals surface area contributed by atoms with Crippen LogP contribution in [0.3, 0.4) is 0 Å². The van der Waals surface area contributed by atoms with Gasteiger partial charge in [-0.1, -0.05) is 0 Å². The number of methoxy groups -OCH3 is 2. The minimum Gasteiger partial charge on any atom is -0.497 e. The highest BCUT2D eigenvalue weighted by atomic mass is 19.4. The van der Waals surface area contributed by atoms with E-state index in [2.05, 4.69) is 5.32 Å². The SMILES string of the molecule is COc1ccc(NCC(F)(F)F)c(OC)c1. The number of anilines is 1. The molecule has 0 radical (unpaired) electrons. The Kier molecular flexibility index (Phi) is 3.87. The molecule has 1 aromatic rings. The third-order valence-corrected chi connectivity index (χ3v) is 1.89. The lowest BCUT2D eigenvalue weighted by Gasteiger charge is -2.13. The molecule has 1 N–H and O–H groups in total. The molecule has 1 rings (SSSR count). The highest BCUT2D eigenvalue weighted by molar-refractivity contribution is 5.59. The summed E-state index contributed by atoms with van der Waals surface area (Å²) in [6.45, 7) is -1.10. The minimum atomic E-state index is -4.26. The fourth-order valence-corrected chi connectivity index (χ4v) is 1.14. The van der Waals surface area contributed by atoms with Crippen molar-refractivity contribution in [2.45, 2.75) is 6.18 Å². The van der Waals surface area contributed by atoms with Gasteiger partial charge in [-0.25, -0.2) is 0 Å². The van der Waals surface area contributed by atoms with Gasteiger partial charge in [-0.3, -0.25) is 0 Å². The van der Waals surface area contributed by atoms with Gasteiger partial charge in [0.25, 0.3) is 0 Å². The van der Waals surface area contributed by atoms with E-state index in [9.17, 15) is 13.2 Å². The summed E-state index contributed by atoms with van der Waals surface area (Å²) in [5, 5.41) is 2.25. The number of hydrogen-bond donors (Lipinski definition) is 1. The fourth-order valence-electron chi connectivity index (χ4n) is 1.14. The molecule has 0 heterocycles. The first-order chi connectivity index (χ1) is 7.46. The van der Waals surface area contributed by atoms with E-state index in [4.69, 9.17) is 9.47 Å². The zero-order valence-corrected chi connectivity index (χ0v) is 8.89. The smallest absolute Gasteiger partial charge is 0.405 e. The Hall–Kier alpha value is -1.59. The van der Waals surface area contributed by atoms with Gasteiger partial charge in [-0.2, -0.15) is 13.2 Å². The Labute approximate surface area is 91.2 Å². The topological polar surface area (TPSA) is 30.5 Å². The second kappa shape index (κ2) is 4.96. The molecule has 0 spiro atoms. The molecule has 3 nitrogen and oxygen atoms in total. The highest BCUT2D eigenvalue weighted by Crippen LogP contribution is 2.29. The Morgan fingerprint density at radius 2 is 1.88 bits per heavy atom. The molecule has 0 saturated carbocycles. The van der Waals surface area contributed by atoms with E-state index in [1.807, 2.05) is 0 Å². The molecule has 0 aliphatic carbocycles. The van der Waals surface area contributed by atoms with Gasteiger partial charge < -0.3 is 14.8 Å². The van der Waals surface area contributed by atoms with E-state index < -0.39 is 12.7 Å². The quantitative estimate of drug-likeness (QED) is 0.870. The van der Waals surface area contributed by atoms with Gasteiger partial charge >= 0.3 is 6.18 Å². The maximum Gasteiger partial charge on any atom is 0.405 e. The molecule has 0 aliphatic rings. The van der Waals surface area contributed by atoms with Crippen molar-refractivity contribution in [3.8, 4) is 11.5 Å². The number of nitrogens with one attached hydrogen (secondary N) is 1. The maximum absolute atomic E-state index is 12.0. The van der Waals surface area contributed by atoms with Gasteiger partial charge in [-0.15, -0.1) is 0 Å². The molecule has 0 amide bonds. The largest absolute Gasteiger partial charge is 0.497 e. The molecular weight excluding hydrogens is 223 g/mol. The Morgan fingerprint density at radius 3 is 2.38 bits per heavy atom. The van der Waals surface area contributed by atoms with Crippen LogP contribution in [-0.2, 0) is 0 Å². The summed E-state index contributed by atoms with van der Waals surface area (Å²) in [5.74, 6) is 0.831. The predicted molar refractivity (Wildman–Crippen MR) is 54.1 cm³/mol. The normalized spacial score (nSPS) is 11.1. The third kappa shape index (κ3) is 3.52. The average molecular weight is 235 g/mol. The Morgan fingerprint density at radius 1 is 1.19 bits per heavy atom. The van der Waals surface area contributed by atoms with E-state index in [0.29, 0.717) is 11.5 Å². The predicted octanol–water partition coefficient (Wildman–Crippen LogP) is 2.68. The van der Waals surface area contributed by atoms with Gasteiger partial charge in [0.15, 0.2) is 0 Å². The van der Waals surface area contributed by atoms with Crippen molar-refractivity contribution < 1.29 is 22.6 Å². The molecular formula is C10H12F3NO2. The number of alkyl halides is 3. The van der Waals surface area contributed by atoms with Crippen LogP contribution in [0.2, 0.25) is 0 Å². The van der Waals surface area contributed by atoms with Crippen LogP contribution in [0, 0.1) is 0 Å². The molecule has 90 valence electrons. The van der Waals surface area contributed by atoms with Gasteiger partial charge in [0.2, 0.25) is 0 Å². The van der Waals surface area contributed by atoms with Crippen LogP contribution in [0.1, 0.15) is 0 Å². The van der Waals surface area contributed by atoms with Crippen molar-refractivity contribution >= 4 is 5.69 Å². The van der Waals surface area contributed by atoms with Crippen LogP contribution in [0.25, 0.3) is 0 Å². The number of benzene rings is 1. The van der Waals surface area contributed by atoms with E-state index in [1.54, 1.807) is 6.07 Å². The summed E-state index contributed by atoms with van der Waals surface area (Å²) in [6.07, 6.45) is -4.26. The summed E-state index contributed by atoms with van der Waals surface area (Å²) < 4.78 is 45.9. The fraction of sp³-hybridized carbons (Fsp3) is 0.400. The van der Waals surface area contributed by atoms with Crippen molar-refractivity contribution in [2.24, 2.45) is 0 Å². The lowest BCUT2D eigenvalue weighted by molar-refractivity contribution is -0.115. The standard InChI is InChI=1S/C10H12F3NO2/c1-15-7-3-4-8(9(5-7)16-2)14-6-10(11,12)13/h3-5,14H,6H2,1-2H3. The molecule has 0 saturated heterocycles. The van der Waals surface area contributed by atoms with Crippen molar-refractivity contribution in [2.75, 3.05) is 26.1 Å². The Bertz CT molecular complexity index is 352. The van der Waals surface area contributed by atoms with Gasteiger partial charge in [0, 0.05) is 6.07 Å². The van der Waals surface area contributed by atoms with Crippen LogP contribution in [0.15, 0.2) is 18.2 Å². The van der Waals surface area contributed by atoms with E-state index in [-0.39, 0.29) is 5.69 Å². The lowest BCUT2D eigenvalue weighted by Crippen LogP contribution is -2.21. The van der Waals surface area contributed by atoms with E-state index in [0.717, 1.165) is 0 Å². The second-order valence-electron chi connectivity index (χ2n) is 3.03. The molecule has 0 aliphatic heterocycles. The van der Waals surface area contributed by atoms with Crippen molar-refractivity contribution in [1.82, 2.24) is 0 Å². The summed E-state index contributed by atoms with van der Waals surface area (Å²) in [6, 6.07) is 4.54. The zero-order chi connectivity index (χ0) is 12.2. The maximum atomic E-state index is 12.0. The van der Waals surface area contributed by atoms with Crippen LogP contribution in [0.4, 0.5) is 18.9 Å². The number of hydrogen-bond acceptors (Lipinski definition) is 3. The molecule has 6 heteroatoms. The number of rotatable bonds is 4. The first kappa shape index (κ1) is 12.5. The molecule has 16 heavy (non-hydrogen) atoms. The molecule has 0 aromatic heterocycles. The first-order valence-electron chi connectivity index (χ1n) is 4.49. The van der Waals surface area contributed by atoms with E-state index >= 15 is 0 Å². The lowest BCUT2D eigenvalue weighted by atomic mass is 10.2. The summed E-state index contributed by atoms with van der Waals surface area (Å²) in [7, 11) is 2.85. The van der Waals surface area contributed by atoms with Crippen molar-refractivity contribution in [3.63, 3.8) is 0 Å². The summed E-state index contributed by atoms with van der Waals surface area (Å²) >= 11 is 0. The number of ether oxygens (including phenoxy) is 2. The summed E-state index contributed by atoms with van der Waals surface area (Å²) in [4.78, 5) is 0. The van der Waals surface area contributed by atoms with Crippen LogP contribution in [0.5, 0.6) is 11.5 Å². The zero-order valence-electron chi connectivity index (χ0n) is 8.89. The minimum absolute atomic E-state index is 0.278. The Balaban J connectivity index is 2.79. The van der Waals surface area contributed by atoms with Crippen LogP contribution >= 0.6 is 0 Å². The van der Waals surface area contributed by atoms with Gasteiger partial charge in [0.1, 0.15) is 18.0 Å². The van der Waals surface area contributed by atoms with Gasteiger partial charge in [-0.05, 0) is 12.1 Å². The van der Waals surface area contributed by atoms with Crippen molar-refractivity contribution in [1.29, 1.82) is 0 Å². The molecule has 0 atom stereocenters. The first-order valence-corrected chi connectivity index (χ1v) is 4.49. The van der Waals surface area contributed by atoms with Crippen LogP contribution in [-0.4, -0.2) is 26.9 Å². The third-order valence-electron chi connectivity index (χ3n) is 1.89. The molecule has 0 bridgehead atoms. The average Bonchev–Trinajstić information content (AvgIpc) is 2.25. The highest BCUT2D eigenvalue weighted by Gasteiger charge is 2.27. The molecule has 1 aromatic carbocycles. The molecule has 0 fully saturated rings. The van der Waals surface area contributed by atoms with Crippen LogP contribution < -0.4 is 14.8 Å². The second-order valence-corrected chi connectivity index (χ2v) is 3.03. The van der Waals surface area contributed by atoms with Gasteiger partial charge in [0.05, 0.1) is 19.9 Å².